The number of hydrogen-bond donors (Lipinski definition) is 1. The van der Waals surface area contributed by atoms with Crippen molar-refractivity contribution < 1.29 is 18.3 Å². The van der Waals surface area contributed by atoms with Gasteiger partial charge in [0.1, 0.15) is 17.1 Å². The molecular formula is C32H26FNO3. The maximum atomic E-state index is 13.9. The fourth-order valence-electron chi connectivity index (χ4n) is 4.35. The van der Waals surface area contributed by atoms with Crippen LogP contribution in [0.15, 0.2) is 102 Å². The lowest BCUT2D eigenvalue weighted by Gasteiger charge is -2.11. The van der Waals surface area contributed by atoms with Gasteiger partial charge in [-0.25, -0.2) is 4.39 Å². The molecular weight excluding hydrogens is 465 g/mol. The second-order valence-corrected chi connectivity index (χ2v) is 8.92. The van der Waals surface area contributed by atoms with Crippen LogP contribution in [0.5, 0.6) is 5.75 Å². The Labute approximate surface area is 215 Å². The molecule has 0 saturated carbocycles. The van der Waals surface area contributed by atoms with E-state index in [1.807, 2.05) is 37.3 Å². The van der Waals surface area contributed by atoms with E-state index in [4.69, 9.17) is 9.15 Å². The summed E-state index contributed by atoms with van der Waals surface area (Å²) in [7, 11) is 1.58. The topological polar surface area (TPSA) is 51.5 Å². The van der Waals surface area contributed by atoms with Gasteiger partial charge in [0.15, 0.2) is 0 Å². The molecule has 4 nitrogen and oxygen atoms in total. The third-order valence-electron chi connectivity index (χ3n) is 6.41. The number of carbonyl (C=O) groups excluding carboxylic acids is 1. The van der Waals surface area contributed by atoms with Crippen LogP contribution in [0.2, 0.25) is 0 Å². The Bertz CT molecular complexity index is 1620. The monoisotopic (exact) mass is 491 g/mol. The fourth-order valence-corrected chi connectivity index (χ4v) is 4.35. The molecule has 0 saturated heterocycles. The van der Waals surface area contributed by atoms with Gasteiger partial charge in [-0.2, -0.15) is 0 Å². The first-order valence-corrected chi connectivity index (χ1v) is 11.9. The molecule has 1 N–H and O–H groups in total. The van der Waals surface area contributed by atoms with Crippen LogP contribution in [0.3, 0.4) is 0 Å². The smallest absolute Gasteiger partial charge is 0.248 e. The maximum absolute atomic E-state index is 13.9. The van der Waals surface area contributed by atoms with Crippen molar-refractivity contribution in [2.75, 3.05) is 12.4 Å². The van der Waals surface area contributed by atoms with E-state index in [1.165, 1.54) is 12.1 Å². The number of hydrogen-bond acceptors (Lipinski definition) is 3. The van der Waals surface area contributed by atoms with Crippen LogP contribution < -0.4 is 10.1 Å². The quantitative estimate of drug-likeness (QED) is 0.243. The van der Waals surface area contributed by atoms with Crippen LogP contribution in [0, 0.1) is 12.7 Å². The molecule has 1 heterocycles. The molecule has 0 bridgehead atoms. The van der Waals surface area contributed by atoms with Crippen molar-refractivity contribution >= 4 is 28.1 Å². The van der Waals surface area contributed by atoms with E-state index in [1.54, 1.807) is 32.4 Å². The summed E-state index contributed by atoms with van der Waals surface area (Å²) in [5.41, 5.74) is 7.35. The second kappa shape index (κ2) is 10.2. The van der Waals surface area contributed by atoms with Gasteiger partial charge in [0, 0.05) is 34.3 Å². The molecule has 5 heteroatoms. The van der Waals surface area contributed by atoms with Crippen LogP contribution in [-0.4, -0.2) is 13.0 Å². The van der Waals surface area contributed by atoms with E-state index in [0.29, 0.717) is 28.2 Å². The number of fused-ring (bicyclic) bond motifs is 1. The Morgan fingerprint density at radius 2 is 1.62 bits per heavy atom. The molecule has 0 unspecified atom stereocenters. The van der Waals surface area contributed by atoms with Gasteiger partial charge in [-0.3, -0.25) is 4.79 Å². The number of nitrogens with one attached hydrogen (secondary N) is 1. The van der Waals surface area contributed by atoms with Gasteiger partial charge in [-0.05, 0) is 59.9 Å². The van der Waals surface area contributed by atoms with Gasteiger partial charge in [-0.15, -0.1) is 0 Å². The molecule has 0 aliphatic carbocycles. The van der Waals surface area contributed by atoms with Gasteiger partial charge in [0.05, 0.1) is 13.4 Å². The predicted molar refractivity (Wildman–Crippen MR) is 147 cm³/mol. The number of benzene rings is 4. The zero-order chi connectivity index (χ0) is 25.9. The number of rotatable bonds is 6. The lowest BCUT2D eigenvalue weighted by molar-refractivity contribution is -0.111. The fraction of sp³-hybridized carbons (Fsp3) is 0.0938. The van der Waals surface area contributed by atoms with Gasteiger partial charge in [0.2, 0.25) is 5.91 Å². The second-order valence-electron chi connectivity index (χ2n) is 8.92. The first kappa shape index (κ1) is 24.1. The highest BCUT2D eigenvalue weighted by molar-refractivity contribution is 6.05. The molecule has 1 amide bonds. The van der Waals surface area contributed by atoms with Gasteiger partial charge < -0.3 is 14.5 Å². The van der Waals surface area contributed by atoms with E-state index in [9.17, 15) is 9.18 Å². The molecule has 1 aromatic heterocycles. The van der Waals surface area contributed by atoms with Crippen LogP contribution in [0.1, 0.15) is 18.1 Å². The van der Waals surface area contributed by atoms with Crippen molar-refractivity contribution in [3.63, 3.8) is 0 Å². The van der Waals surface area contributed by atoms with E-state index in [2.05, 4.69) is 41.7 Å². The molecule has 0 aliphatic heterocycles. The van der Waals surface area contributed by atoms with E-state index >= 15 is 0 Å². The number of amides is 1. The Hall–Kier alpha value is -4.64. The number of furan rings is 1. The summed E-state index contributed by atoms with van der Waals surface area (Å²) in [5, 5.41) is 3.64. The van der Waals surface area contributed by atoms with E-state index in [-0.39, 0.29) is 11.7 Å². The normalized spacial score (nSPS) is 11.5. The zero-order valence-electron chi connectivity index (χ0n) is 20.8. The van der Waals surface area contributed by atoms with E-state index < -0.39 is 0 Å². The maximum Gasteiger partial charge on any atom is 0.248 e. The molecule has 37 heavy (non-hydrogen) atoms. The molecule has 0 aliphatic rings. The van der Waals surface area contributed by atoms with Crippen molar-refractivity contribution in [2.24, 2.45) is 0 Å². The summed E-state index contributed by atoms with van der Waals surface area (Å²) in [6.45, 7) is 3.52. The van der Waals surface area contributed by atoms with Crippen molar-refractivity contribution in [1.82, 2.24) is 0 Å². The first-order valence-electron chi connectivity index (χ1n) is 11.9. The van der Waals surface area contributed by atoms with Crippen molar-refractivity contribution in [2.45, 2.75) is 13.8 Å². The minimum atomic E-state index is -0.366. The van der Waals surface area contributed by atoms with Crippen LogP contribution in [0.25, 0.3) is 38.8 Å². The van der Waals surface area contributed by atoms with E-state index in [0.717, 1.165) is 33.2 Å². The largest absolute Gasteiger partial charge is 0.496 e. The summed E-state index contributed by atoms with van der Waals surface area (Å²) in [6, 6.07) is 27.0. The van der Waals surface area contributed by atoms with Gasteiger partial charge >= 0.3 is 0 Å². The van der Waals surface area contributed by atoms with Crippen LogP contribution in [-0.2, 0) is 4.79 Å². The number of carbonyl (C=O) groups is 1. The van der Waals surface area contributed by atoms with Crippen molar-refractivity contribution in [3.8, 4) is 28.0 Å². The number of aryl methyl sites for hydroxylation is 1. The molecule has 0 radical (unpaired) electrons. The zero-order valence-corrected chi connectivity index (χ0v) is 20.8. The summed E-state index contributed by atoms with van der Waals surface area (Å²) < 4.78 is 25.3. The Balaban J connectivity index is 1.47. The summed E-state index contributed by atoms with van der Waals surface area (Å²) in [6.07, 6.45) is 3.22. The highest BCUT2D eigenvalue weighted by Gasteiger charge is 2.15. The molecule has 4 aromatic carbocycles. The Morgan fingerprint density at radius 3 is 2.32 bits per heavy atom. The average molecular weight is 492 g/mol. The highest BCUT2D eigenvalue weighted by atomic mass is 19.1. The molecule has 0 fully saturated rings. The lowest BCUT2D eigenvalue weighted by Crippen LogP contribution is -2.09. The molecule has 0 spiro atoms. The first-order chi connectivity index (χ1) is 17.9. The molecule has 184 valence electrons. The van der Waals surface area contributed by atoms with Crippen molar-refractivity contribution in [1.29, 1.82) is 0 Å². The molecule has 0 atom stereocenters. The minimum Gasteiger partial charge on any atom is -0.496 e. The third-order valence-corrected chi connectivity index (χ3v) is 6.41. The number of halogens is 1. The van der Waals surface area contributed by atoms with Crippen LogP contribution in [0.4, 0.5) is 10.1 Å². The lowest BCUT2D eigenvalue weighted by atomic mass is 9.97. The average Bonchev–Trinajstić information content (AvgIpc) is 3.33. The minimum absolute atomic E-state index is 0.355. The Morgan fingerprint density at radius 1 is 0.919 bits per heavy atom. The van der Waals surface area contributed by atoms with Gasteiger partial charge in [-0.1, -0.05) is 60.7 Å². The number of methoxy groups -OCH3 is 1. The van der Waals surface area contributed by atoms with Crippen molar-refractivity contribution in [3.05, 3.63) is 114 Å². The third kappa shape index (κ3) is 5.02. The Kier molecular flexibility index (Phi) is 6.60. The molecule has 5 rings (SSSR count). The highest BCUT2D eigenvalue weighted by Crippen LogP contribution is 2.38. The summed E-state index contributed by atoms with van der Waals surface area (Å²) in [5.74, 6) is -0.127. The predicted octanol–water partition coefficient (Wildman–Crippen LogP) is 8.26. The number of anilines is 1. The summed E-state index contributed by atoms with van der Waals surface area (Å²) in [4.78, 5) is 12.7. The van der Waals surface area contributed by atoms with Gasteiger partial charge in [0.25, 0.3) is 0 Å². The summed E-state index contributed by atoms with van der Waals surface area (Å²) >= 11 is 0. The molecule has 5 aromatic rings. The standard InChI is InChI=1S/C32H26FNO3/c1-20-9-14-25(16-29(20)33)34-32(35)15-21(2)26-17-27-28(19-37-31(27)18-30(26)36-3)24-12-10-23(11-13-24)22-7-5-4-6-8-22/h4-19H,1-3H3,(H,34,35)/b21-15+. The number of ether oxygens (including phenoxy) is 1. The number of allylic oxidation sites excluding steroid dienone is 1. The SMILES string of the molecule is COc1cc2occ(-c3ccc(-c4ccccc4)cc3)c2cc1/C(C)=C/C(=O)Nc1ccc(C)c(F)c1. The van der Waals surface area contributed by atoms with Crippen LogP contribution >= 0.6 is 0 Å².